The first kappa shape index (κ1) is 26.6. The van der Waals surface area contributed by atoms with Crippen LogP contribution in [-0.2, 0) is 36.4 Å². The minimum atomic E-state index is -3.86. The van der Waals surface area contributed by atoms with Crippen molar-refractivity contribution in [2.24, 2.45) is 0 Å². The summed E-state index contributed by atoms with van der Waals surface area (Å²) in [6, 6.07) is 12.1. The van der Waals surface area contributed by atoms with E-state index in [1.165, 1.54) is 12.0 Å². The quantitative estimate of drug-likeness (QED) is 0.411. The van der Waals surface area contributed by atoms with Gasteiger partial charge in [0, 0.05) is 37.3 Å². The first-order valence-electron chi connectivity index (χ1n) is 13.2. The number of carbonyl (C=O) groups is 2. The molecule has 1 amide bonds. The molecule has 3 aliphatic heterocycles. The number of carbonyl (C=O) groups excluding carboxylic acids is 2. The molecule has 1 aromatic heterocycles. The van der Waals surface area contributed by atoms with Gasteiger partial charge in [0.15, 0.2) is 15.5 Å². The molecular formula is C28H30N4O7S. The standard InChI is InChI=1S/C28H30N4O7S/c1-37-24-4-2-3-22-26-23(18-40(35,36)27(22)24)25(28(34)31-11-14-39-17-21(31)16-33)29-32(26)20-7-5-19(6-8-20)15-30-9-12-38-13-10-30/h2-8,16,21H,9-15,17-18H2,1H3. The molecule has 1 atom stereocenters. The molecular weight excluding hydrogens is 536 g/mol. The molecule has 2 aromatic carbocycles. The van der Waals surface area contributed by atoms with Crippen LogP contribution in [0.25, 0.3) is 16.9 Å². The number of ether oxygens (including phenoxy) is 3. The van der Waals surface area contributed by atoms with E-state index in [0.717, 1.165) is 25.2 Å². The molecule has 2 saturated heterocycles. The van der Waals surface area contributed by atoms with Crippen LogP contribution in [0.15, 0.2) is 47.4 Å². The lowest BCUT2D eigenvalue weighted by Crippen LogP contribution is -2.49. The highest BCUT2D eigenvalue weighted by Crippen LogP contribution is 2.44. The molecule has 1 unspecified atom stereocenters. The topological polar surface area (TPSA) is 120 Å². The number of amides is 1. The first-order valence-corrected chi connectivity index (χ1v) is 14.8. The molecule has 4 heterocycles. The Kier molecular flexibility index (Phi) is 7.17. The molecule has 0 saturated carbocycles. The molecule has 6 rings (SSSR count). The second-order valence-corrected chi connectivity index (χ2v) is 11.9. The van der Waals surface area contributed by atoms with Gasteiger partial charge in [-0.05, 0) is 23.8 Å². The zero-order valence-corrected chi connectivity index (χ0v) is 22.9. The molecule has 0 spiro atoms. The van der Waals surface area contributed by atoms with E-state index in [1.807, 2.05) is 24.3 Å². The van der Waals surface area contributed by atoms with Gasteiger partial charge >= 0.3 is 0 Å². The lowest BCUT2D eigenvalue weighted by molar-refractivity contribution is -0.116. The minimum absolute atomic E-state index is 0.0122. The summed E-state index contributed by atoms with van der Waals surface area (Å²) in [6.45, 7) is 4.53. The predicted molar refractivity (Wildman–Crippen MR) is 144 cm³/mol. The van der Waals surface area contributed by atoms with Crippen molar-refractivity contribution in [2.45, 2.75) is 23.2 Å². The fourth-order valence-corrected chi connectivity index (χ4v) is 7.31. The molecule has 210 valence electrons. The van der Waals surface area contributed by atoms with Crippen molar-refractivity contribution in [3.05, 3.63) is 59.3 Å². The Hall–Kier alpha value is -3.58. The molecule has 0 N–H and O–H groups in total. The van der Waals surface area contributed by atoms with Gasteiger partial charge in [0.05, 0.1) is 50.7 Å². The predicted octanol–water partition coefficient (Wildman–Crippen LogP) is 1.71. The number of aldehydes is 1. The number of nitrogens with zero attached hydrogens (tertiary/aromatic N) is 4. The third-order valence-corrected chi connectivity index (χ3v) is 9.27. The van der Waals surface area contributed by atoms with Gasteiger partial charge in [-0.1, -0.05) is 24.3 Å². The van der Waals surface area contributed by atoms with E-state index < -0.39 is 27.5 Å². The van der Waals surface area contributed by atoms with E-state index in [-0.39, 0.29) is 36.1 Å². The Morgan fingerprint density at radius 3 is 2.55 bits per heavy atom. The van der Waals surface area contributed by atoms with Gasteiger partial charge in [0.1, 0.15) is 23.0 Å². The van der Waals surface area contributed by atoms with Gasteiger partial charge in [-0.2, -0.15) is 5.10 Å². The minimum Gasteiger partial charge on any atom is -0.495 e. The van der Waals surface area contributed by atoms with Gasteiger partial charge < -0.3 is 23.9 Å². The van der Waals surface area contributed by atoms with Crippen molar-refractivity contribution in [3.63, 3.8) is 0 Å². The van der Waals surface area contributed by atoms with Crippen molar-refractivity contribution < 1.29 is 32.2 Å². The highest BCUT2D eigenvalue weighted by atomic mass is 32.2. The maximum absolute atomic E-state index is 13.8. The number of fused-ring (bicyclic) bond motifs is 3. The SMILES string of the molecule is COc1cccc2c1S(=O)(=O)Cc1c(C(=O)N3CCOCC3C=O)nn(-c3ccc(CN4CCOCC4)cc3)c1-2. The number of rotatable bonds is 6. The van der Waals surface area contributed by atoms with Crippen molar-refractivity contribution in [1.29, 1.82) is 0 Å². The summed E-state index contributed by atoms with van der Waals surface area (Å²) in [7, 11) is -2.43. The zero-order chi connectivity index (χ0) is 27.9. The second kappa shape index (κ2) is 10.8. The Labute approximate surface area is 232 Å². The van der Waals surface area contributed by atoms with Crippen LogP contribution >= 0.6 is 0 Å². The van der Waals surface area contributed by atoms with E-state index in [9.17, 15) is 18.0 Å². The number of benzene rings is 2. The summed E-state index contributed by atoms with van der Waals surface area (Å²) in [5, 5.41) is 4.71. The van der Waals surface area contributed by atoms with Crippen LogP contribution < -0.4 is 4.74 Å². The Balaban J connectivity index is 1.47. The van der Waals surface area contributed by atoms with Crippen molar-refractivity contribution in [1.82, 2.24) is 19.6 Å². The fraction of sp³-hybridized carbons (Fsp3) is 0.393. The number of aromatic nitrogens is 2. The van der Waals surface area contributed by atoms with Crippen LogP contribution in [0.4, 0.5) is 0 Å². The smallest absolute Gasteiger partial charge is 0.275 e. The summed E-state index contributed by atoms with van der Waals surface area (Å²) < 4.78 is 44.9. The van der Waals surface area contributed by atoms with Crippen LogP contribution in [0.2, 0.25) is 0 Å². The average Bonchev–Trinajstić information content (AvgIpc) is 3.36. The summed E-state index contributed by atoms with van der Waals surface area (Å²) in [5.74, 6) is -0.679. The van der Waals surface area contributed by atoms with Gasteiger partial charge in [0.25, 0.3) is 5.91 Å². The number of hydrogen-bond donors (Lipinski definition) is 0. The molecule has 2 fully saturated rings. The van der Waals surface area contributed by atoms with Crippen LogP contribution in [-0.4, -0.2) is 99.4 Å². The summed E-state index contributed by atoms with van der Waals surface area (Å²) in [6.07, 6.45) is 0.671. The number of hydrogen-bond acceptors (Lipinski definition) is 9. The fourth-order valence-electron chi connectivity index (χ4n) is 5.55. The van der Waals surface area contributed by atoms with Crippen molar-refractivity contribution in [3.8, 4) is 22.7 Å². The molecule has 3 aliphatic rings. The van der Waals surface area contributed by atoms with Crippen LogP contribution in [0, 0.1) is 0 Å². The number of methoxy groups -OCH3 is 1. The molecule has 12 heteroatoms. The van der Waals surface area contributed by atoms with E-state index >= 15 is 0 Å². The van der Waals surface area contributed by atoms with Crippen LogP contribution in [0.1, 0.15) is 21.6 Å². The summed E-state index contributed by atoms with van der Waals surface area (Å²) in [5.41, 5.74) is 3.05. The van der Waals surface area contributed by atoms with E-state index in [2.05, 4.69) is 4.90 Å². The van der Waals surface area contributed by atoms with Crippen LogP contribution in [0.5, 0.6) is 5.75 Å². The number of sulfone groups is 1. The highest BCUT2D eigenvalue weighted by Gasteiger charge is 2.40. The molecule has 11 nitrogen and oxygen atoms in total. The molecule has 0 radical (unpaired) electrons. The van der Waals surface area contributed by atoms with Gasteiger partial charge in [-0.15, -0.1) is 0 Å². The summed E-state index contributed by atoms with van der Waals surface area (Å²) in [4.78, 5) is 29.3. The van der Waals surface area contributed by atoms with Crippen molar-refractivity contribution >= 4 is 22.0 Å². The average molecular weight is 567 g/mol. The third kappa shape index (κ3) is 4.70. The maximum atomic E-state index is 13.8. The van der Waals surface area contributed by atoms with Gasteiger partial charge in [0.2, 0.25) is 0 Å². The van der Waals surface area contributed by atoms with Crippen molar-refractivity contribution in [2.75, 3.05) is 53.2 Å². The molecule has 3 aromatic rings. The Morgan fingerprint density at radius 1 is 1.07 bits per heavy atom. The maximum Gasteiger partial charge on any atom is 0.275 e. The van der Waals surface area contributed by atoms with E-state index in [0.29, 0.717) is 42.0 Å². The summed E-state index contributed by atoms with van der Waals surface area (Å²) >= 11 is 0. The van der Waals surface area contributed by atoms with E-state index in [1.54, 1.807) is 22.9 Å². The monoisotopic (exact) mass is 566 g/mol. The third-order valence-electron chi connectivity index (χ3n) is 7.56. The molecule has 0 aliphatic carbocycles. The lowest BCUT2D eigenvalue weighted by Gasteiger charge is -2.32. The van der Waals surface area contributed by atoms with E-state index in [4.69, 9.17) is 19.3 Å². The normalized spacial score (nSPS) is 20.4. The lowest BCUT2D eigenvalue weighted by atomic mass is 10.0. The molecule has 40 heavy (non-hydrogen) atoms. The Bertz CT molecular complexity index is 1550. The molecule has 0 bridgehead atoms. The Morgan fingerprint density at radius 2 is 1.82 bits per heavy atom. The first-order chi connectivity index (χ1) is 19.4. The van der Waals surface area contributed by atoms with Gasteiger partial charge in [-0.3, -0.25) is 9.69 Å². The van der Waals surface area contributed by atoms with Crippen LogP contribution in [0.3, 0.4) is 0 Å². The largest absolute Gasteiger partial charge is 0.495 e. The van der Waals surface area contributed by atoms with Gasteiger partial charge in [-0.25, -0.2) is 13.1 Å². The zero-order valence-electron chi connectivity index (χ0n) is 22.1. The number of morpholine rings is 2. The second-order valence-electron chi connectivity index (χ2n) is 10.0. The highest BCUT2D eigenvalue weighted by molar-refractivity contribution is 7.91.